The molecule has 29 heavy (non-hydrogen) atoms. The lowest BCUT2D eigenvalue weighted by Gasteiger charge is -2.17. The molecule has 0 bridgehead atoms. The molecule has 0 fully saturated rings. The molecule has 2 aromatic carbocycles. The molecule has 3 aromatic rings. The van der Waals surface area contributed by atoms with Gasteiger partial charge >= 0.3 is 5.97 Å². The first kappa shape index (κ1) is 20.5. The number of likely N-dealkylation sites (N-methyl/N-ethyl adjacent to an activating group) is 1. The second-order valence-electron chi connectivity index (χ2n) is 6.59. The topological polar surface area (TPSA) is 63.7 Å². The Morgan fingerprint density at radius 3 is 2.24 bits per heavy atom. The van der Waals surface area contributed by atoms with Crippen molar-refractivity contribution in [3.8, 4) is 0 Å². The first-order valence-corrected chi connectivity index (χ1v) is 9.98. The molecule has 6 heteroatoms. The zero-order chi connectivity index (χ0) is 20.8. The van der Waals surface area contributed by atoms with Gasteiger partial charge in [-0.2, -0.15) is 0 Å². The van der Waals surface area contributed by atoms with E-state index in [1.165, 1.54) is 11.0 Å². The van der Waals surface area contributed by atoms with Gasteiger partial charge in [0.1, 0.15) is 0 Å². The number of carbonyl (C=O) groups is 3. The molecular weight excluding hydrogens is 386 g/mol. The van der Waals surface area contributed by atoms with Crippen LogP contribution in [0, 0.1) is 6.92 Å². The maximum Gasteiger partial charge on any atom is 0.339 e. The summed E-state index contributed by atoms with van der Waals surface area (Å²) in [4.78, 5) is 40.3. The number of ether oxygens (including phenoxy) is 1. The molecule has 5 nitrogen and oxygen atoms in total. The standard InChI is InChI=1S/C23H21NO4S/c1-16-12-13-29-20(16)14-24(2)21(25)15-28-23(27)19-11-7-6-10-18(19)22(26)17-8-4-3-5-9-17/h3-13H,14-15H2,1-2H3. The summed E-state index contributed by atoms with van der Waals surface area (Å²) in [7, 11) is 1.67. The number of amides is 1. The van der Waals surface area contributed by atoms with Crippen molar-refractivity contribution in [2.45, 2.75) is 13.5 Å². The largest absolute Gasteiger partial charge is 0.452 e. The minimum absolute atomic E-state index is 0.144. The summed E-state index contributed by atoms with van der Waals surface area (Å²) in [5, 5.41) is 1.98. The Kier molecular flexibility index (Phi) is 6.57. The molecule has 0 radical (unpaired) electrons. The van der Waals surface area contributed by atoms with Gasteiger partial charge in [-0.3, -0.25) is 9.59 Å². The minimum atomic E-state index is -0.695. The highest BCUT2D eigenvalue weighted by molar-refractivity contribution is 7.10. The van der Waals surface area contributed by atoms with Crippen molar-refractivity contribution >= 4 is 29.0 Å². The van der Waals surface area contributed by atoms with Gasteiger partial charge in [0.05, 0.1) is 12.1 Å². The van der Waals surface area contributed by atoms with Crippen LogP contribution in [-0.2, 0) is 16.1 Å². The summed E-state index contributed by atoms with van der Waals surface area (Å²) in [5.74, 6) is -1.27. The van der Waals surface area contributed by atoms with Gasteiger partial charge in [0.15, 0.2) is 12.4 Å². The van der Waals surface area contributed by atoms with E-state index in [9.17, 15) is 14.4 Å². The Labute approximate surface area is 173 Å². The van der Waals surface area contributed by atoms with E-state index in [4.69, 9.17) is 4.74 Å². The fraction of sp³-hybridized carbons (Fsp3) is 0.174. The van der Waals surface area contributed by atoms with Gasteiger partial charge in [0, 0.05) is 23.1 Å². The van der Waals surface area contributed by atoms with Crippen molar-refractivity contribution in [1.29, 1.82) is 0 Å². The van der Waals surface area contributed by atoms with E-state index in [0.29, 0.717) is 12.1 Å². The SMILES string of the molecule is Cc1ccsc1CN(C)C(=O)COC(=O)c1ccccc1C(=O)c1ccccc1. The van der Waals surface area contributed by atoms with Crippen LogP contribution in [0.15, 0.2) is 66.0 Å². The summed E-state index contributed by atoms with van der Waals surface area (Å²) < 4.78 is 5.21. The Bertz CT molecular complexity index is 1030. The minimum Gasteiger partial charge on any atom is -0.452 e. The molecule has 3 rings (SSSR count). The molecule has 148 valence electrons. The van der Waals surface area contributed by atoms with Crippen LogP contribution in [0.4, 0.5) is 0 Å². The summed E-state index contributed by atoms with van der Waals surface area (Å²) >= 11 is 1.58. The van der Waals surface area contributed by atoms with Crippen LogP contribution in [0.5, 0.6) is 0 Å². The third-order valence-corrected chi connectivity index (χ3v) is 5.54. The number of benzene rings is 2. The number of esters is 1. The van der Waals surface area contributed by atoms with E-state index in [1.807, 2.05) is 24.4 Å². The molecular formula is C23H21NO4S. The number of aryl methyl sites for hydroxylation is 1. The molecule has 1 amide bonds. The van der Waals surface area contributed by atoms with Gasteiger partial charge in [0.2, 0.25) is 0 Å². The van der Waals surface area contributed by atoms with Crippen LogP contribution in [0.2, 0.25) is 0 Å². The van der Waals surface area contributed by atoms with E-state index < -0.39 is 5.97 Å². The van der Waals surface area contributed by atoms with Gasteiger partial charge < -0.3 is 9.64 Å². The third kappa shape index (κ3) is 4.97. The molecule has 0 atom stereocenters. The zero-order valence-corrected chi connectivity index (χ0v) is 17.1. The Hall–Kier alpha value is -3.25. The lowest BCUT2D eigenvalue weighted by Crippen LogP contribution is -2.31. The Balaban J connectivity index is 1.66. The lowest BCUT2D eigenvalue weighted by atomic mass is 9.98. The fourth-order valence-electron chi connectivity index (χ4n) is 2.79. The van der Waals surface area contributed by atoms with Crippen molar-refractivity contribution in [3.63, 3.8) is 0 Å². The number of nitrogens with zero attached hydrogens (tertiary/aromatic N) is 1. The van der Waals surface area contributed by atoms with Gasteiger partial charge in [-0.05, 0) is 30.0 Å². The summed E-state index contributed by atoms with van der Waals surface area (Å²) in [6, 6.07) is 17.2. The van der Waals surface area contributed by atoms with E-state index in [2.05, 4.69) is 0 Å². The van der Waals surface area contributed by atoms with E-state index >= 15 is 0 Å². The van der Waals surface area contributed by atoms with Crippen molar-refractivity contribution in [3.05, 3.63) is 93.2 Å². The summed E-state index contributed by atoms with van der Waals surface area (Å²) in [6.07, 6.45) is 0. The highest BCUT2D eigenvalue weighted by Gasteiger charge is 2.20. The van der Waals surface area contributed by atoms with Crippen LogP contribution in [0.3, 0.4) is 0 Å². The lowest BCUT2D eigenvalue weighted by molar-refractivity contribution is -0.133. The van der Waals surface area contributed by atoms with Crippen LogP contribution in [-0.4, -0.2) is 36.2 Å². The number of thiophene rings is 1. The summed E-state index contributed by atoms with van der Waals surface area (Å²) in [5.41, 5.74) is 2.00. The molecule has 0 aliphatic heterocycles. The van der Waals surface area contributed by atoms with E-state index in [0.717, 1.165) is 10.4 Å². The second-order valence-corrected chi connectivity index (χ2v) is 7.59. The first-order chi connectivity index (χ1) is 14.0. The molecule has 0 saturated heterocycles. The Morgan fingerprint density at radius 1 is 0.931 bits per heavy atom. The van der Waals surface area contributed by atoms with E-state index in [1.54, 1.807) is 60.8 Å². The smallest absolute Gasteiger partial charge is 0.339 e. The van der Waals surface area contributed by atoms with Crippen molar-refractivity contribution in [1.82, 2.24) is 4.90 Å². The van der Waals surface area contributed by atoms with Crippen molar-refractivity contribution < 1.29 is 19.1 Å². The fourth-order valence-corrected chi connectivity index (χ4v) is 3.75. The number of rotatable bonds is 7. The molecule has 0 aliphatic carbocycles. The number of hydrogen-bond acceptors (Lipinski definition) is 5. The number of carbonyl (C=O) groups excluding carboxylic acids is 3. The molecule has 0 unspecified atom stereocenters. The second kappa shape index (κ2) is 9.30. The number of hydrogen-bond donors (Lipinski definition) is 0. The summed E-state index contributed by atoms with van der Waals surface area (Å²) in [6.45, 7) is 2.07. The predicted octanol–water partition coefficient (Wildman–Crippen LogP) is 4.10. The highest BCUT2D eigenvalue weighted by Crippen LogP contribution is 2.18. The quantitative estimate of drug-likeness (QED) is 0.437. The highest BCUT2D eigenvalue weighted by atomic mass is 32.1. The monoisotopic (exact) mass is 407 g/mol. The third-order valence-electron chi connectivity index (χ3n) is 4.53. The van der Waals surface area contributed by atoms with Crippen LogP contribution in [0.1, 0.15) is 36.7 Å². The maximum absolute atomic E-state index is 12.7. The van der Waals surface area contributed by atoms with E-state index in [-0.39, 0.29) is 29.4 Å². The van der Waals surface area contributed by atoms with Gasteiger partial charge in [-0.1, -0.05) is 48.5 Å². The molecule has 0 spiro atoms. The Morgan fingerprint density at radius 2 is 1.59 bits per heavy atom. The number of ketones is 1. The average molecular weight is 407 g/mol. The van der Waals surface area contributed by atoms with Crippen molar-refractivity contribution in [2.75, 3.05) is 13.7 Å². The average Bonchev–Trinajstić information content (AvgIpc) is 3.16. The maximum atomic E-state index is 12.7. The normalized spacial score (nSPS) is 10.4. The van der Waals surface area contributed by atoms with Gasteiger partial charge in [0.25, 0.3) is 5.91 Å². The molecule has 0 saturated carbocycles. The van der Waals surface area contributed by atoms with Gasteiger partial charge in [-0.15, -0.1) is 11.3 Å². The van der Waals surface area contributed by atoms with Crippen LogP contribution < -0.4 is 0 Å². The van der Waals surface area contributed by atoms with Gasteiger partial charge in [-0.25, -0.2) is 4.79 Å². The first-order valence-electron chi connectivity index (χ1n) is 9.10. The van der Waals surface area contributed by atoms with Crippen LogP contribution in [0.25, 0.3) is 0 Å². The molecule has 0 N–H and O–H groups in total. The predicted molar refractivity (Wildman–Crippen MR) is 112 cm³/mol. The zero-order valence-electron chi connectivity index (χ0n) is 16.3. The molecule has 1 heterocycles. The van der Waals surface area contributed by atoms with Crippen molar-refractivity contribution in [2.24, 2.45) is 0 Å². The molecule has 1 aromatic heterocycles. The van der Waals surface area contributed by atoms with Crippen LogP contribution >= 0.6 is 11.3 Å². The molecule has 0 aliphatic rings.